The first-order valence-corrected chi connectivity index (χ1v) is 13.1. The molecule has 0 aromatic heterocycles. The van der Waals surface area contributed by atoms with Gasteiger partial charge < -0.3 is 15.3 Å². The summed E-state index contributed by atoms with van der Waals surface area (Å²) in [4.78, 5) is 54.4. The predicted octanol–water partition coefficient (Wildman–Crippen LogP) is 3.94. The lowest BCUT2D eigenvalue weighted by Crippen LogP contribution is -2.18. The summed E-state index contributed by atoms with van der Waals surface area (Å²) in [6.45, 7) is 0. The molecule has 2 rings (SSSR count). The molecule has 0 unspecified atom stereocenters. The smallest absolute Gasteiger partial charge is 0.336 e. The van der Waals surface area contributed by atoms with E-state index in [1.54, 1.807) is 18.2 Å². The zero-order valence-corrected chi connectivity index (χ0v) is 22.1. The van der Waals surface area contributed by atoms with Crippen molar-refractivity contribution in [3.05, 3.63) is 35.4 Å². The quantitative estimate of drug-likeness (QED) is 0.117. The fourth-order valence-corrected chi connectivity index (χ4v) is 3.60. The topological polar surface area (TPSA) is 195 Å². The van der Waals surface area contributed by atoms with Gasteiger partial charge >= 0.3 is 17.9 Å². The fraction of sp³-hybridized carbons (Fsp3) is 0.519. The van der Waals surface area contributed by atoms with Crippen LogP contribution < -0.4 is 10.9 Å². The molecule has 1 aromatic rings. The SMILES string of the molecule is O=C(O)CCCCCC(=O)N/N=C/c1ccccc1C(=O)O.O=C(O)CCCCCC(=O)NN=C1CCCC1. The van der Waals surface area contributed by atoms with Crippen LogP contribution in [0.1, 0.15) is 106 Å². The van der Waals surface area contributed by atoms with Gasteiger partial charge in [-0.05, 0) is 57.4 Å². The highest BCUT2D eigenvalue weighted by molar-refractivity contribution is 5.98. The summed E-state index contributed by atoms with van der Waals surface area (Å²) in [7, 11) is 0. The van der Waals surface area contributed by atoms with E-state index in [1.807, 2.05) is 0 Å². The van der Waals surface area contributed by atoms with Crippen molar-refractivity contribution in [3.63, 3.8) is 0 Å². The van der Waals surface area contributed by atoms with Gasteiger partial charge in [0, 0.05) is 37.0 Å². The first-order chi connectivity index (χ1) is 18.7. The highest BCUT2D eigenvalue weighted by atomic mass is 16.4. The van der Waals surface area contributed by atoms with Crippen LogP contribution >= 0.6 is 0 Å². The number of hydrogen-bond donors (Lipinski definition) is 5. The summed E-state index contributed by atoms with van der Waals surface area (Å²) in [6.07, 6.45) is 10.5. The minimum absolute atomic E-state index is 0.0697. The number of carbonyl (C=O) groups is 5. The summed E-state index contributed by atoms with van der Waals surface area (Å²) in [5, 5.41) is 33.7. The number of aliphatic carboxylic acids is 2. The highest BCUT2D eigenvalue weighted by Crippen LogP contribution is 2.14. The highest BCUT2D eigenvalue weighted by Gasteiger charge is 2.09. The standard InChI is InChI=1S/C15H18N2O5.C12H20N2O3/c18-13(8-2-1-3-9-14(19)20)17-16-10-11-6-4-5-7-12(11)15(21)22;15-11(8-2-1-3-9-12(16)17)14-13-10-6-4-5-7-10/h4-7,10H,1-3,8-9H2,(H,17,18)(H,19,20)(H,21,22);1-9H2,(H,14,15)(H,16,17)/b16-10+;. The number of hydrazone groups is 2. The van der Waals surface area contributed by atoms with Gasteiger partial charge in [0.2, 0.25) is 11.8 Å². The van der Waals surface area contributed by atoms with Crippen molar-refractivity contribution in [2.75, 3.05) is 0 Å². The molecule has 1 aromatic carbocycles. The van der Waals surface area contributed by atoms with Crippen LogP contribution in [0, 0.1) is 0 Å². The first kappa shape index (κ1) is 32.9. The van der Waals surface area contributed by atoms with Crippen molar-refractivity contribution in [2.24, 2.45) is 10.2 Å². The Kier molecular flexibility index (Phi) is 16.8. The first-order valence-electron chi connectivity index (χ1n) is 13.1. The molecule has 1 aliphatic carbocycles. The fourth-order valence-electron chi connectivity index (χ4n) is 3.60. The van der Waals surface area contributed by atoms with Crippen LogP contribution in [0.25, 0.3) is 0 Å². The number of nitrogens with zero attached hydrogens (tertiary/aromatic N) is 2. The lowest BCUT2D eigenvalue weighted by molar-refractivity contribution is -0.138. The molecule has 214 valence electrons. The van der Waals surface area contributed by atoms with E-state index < -0.39 is 17.9 Å². The van der Waals surface area contributed by atoms with Crippen molar-refractivity contribution in [2.45, 2.75) is 89.9 Å². The Balaban J connectivity index is 0.000000403. The average molecular weight is 547 g/mol. The van der Waals surface area contributed by atoms with Gasteiger partial charge in [0.15, 0.2) is 0 Å². The maximum atomic E-state index is 11.5. The number of aromatic carboxylic acids is 1. The van der Waals surface area contributed by atoms with E-state index in [-0.39, 0.29) is 36.6 Å². The lowest BCUT2D eigenvalue weighted by atomic mass is 10.1. The van der Waals surface area contributed by atoms with Crippen LogP contribution in [0.5, 0.6) is 0 Å². The molecule has 5 N–H and O–H groups in total. The summed E-state index contributed by atoms with van der Waals surface area (Å²) in [5.74, 6) is -3.04. The lowest BCUT2D eigenvalue weighted by Gasteiger charge is -2.01. The van der Waals surface area contributed by atoms with Crippen LogP contribution in [0.4, 0.5) is 0 Å². The van der Waals surface area contributed by atoms with Crippen LogP contribution in [-0.2, 0) is 19.2 Å². The summed E-state index contributed by atoms with van der Waals surface area (Å²) < 4.78 is 0. The number of carboxylic acids is 3. The number of carboxylic acid groups (broad SMARTS) is 3. The molecule has 39 heavy (non-hydrogen) atoms. The average Bonchev–Trinajstić information content (AvgIpc) is 3.41. The molecule has 0 radical (unpaired) electrons. The predicted molar refractivity (Wildman–Crippen MR) is 145 cm³/mol. The molecule has 0 aliphatic heterocycles. The van der Waals surface area contributed by atoms with E-state index >= 15 is 0 Å². The number of carbonyl (C=O) groups excluding carboxylic acids is 2. The monoisotopic (exact) mass is 546 g/mol. The van der Waals surface area contributed by atoms with Gasteiger partial charge in [-0.1, -0.05) is 31.0 Å². The van der Waals surface area contributed by atoms with Crippen molar-refractivity contribution >= 4 is 41.6 Å². The summed E-state index contributed by atoms with van der Waals surface area (Å²) in [5.41, 5.74) is 6.47. The molecule has 1 fully saturated rings. The molecule has 1 aliphatic rings. The molecule has 0 heterocycles. The minimum atomic E-state index is -1.06. The second kappa shape index (κ2) is 19.9. The van der Waals surface area contributed by atoms with Gasteiger partial charge in [0.1, 0.15) is 0 Å². The van der Waals surface area contributed by atoms with E-state index in [0.29, 0.717) is 37.7 Å². The van der Waals surface area contributed by atoms with Crippen molar-refractivity contribution < 1.29 is 39.3 Å². The zero-order chi connectivity index (χ0) is 28.9. The Bertz CT molecular complexity index is 1010. The van der Waals surface area contributed by atoms with Gasteiger partial charge in [-0.3, -0.25) is 19.2 Å². The second-order valence-electron chi connectivity index (χ2n) is 9.01. The Labute approximate surface area is 227 Å². The van der Waals surface area contributed by atoms with E-state index in [0.717, 1.165) is 31.4 Å². The molecular weight excluding hydrogens is 508 g/mol. The Morgan fingerprint density at radius 3 is 1.77 bits per heavy atom. The van der Waals surface area contributed by atoms with Gasteiger partial charge in [0.05, 0.1) is 11.8 Å². The molecule has 0 atom stereocenters. The van der Waals surface area contributed by atoms with Crippen molar-refractivity contribution in [3.8, 4) is 0 Å². The summed E-state index contributed by atoms with van der Waals surface area (Å²) in [6, 6.07) is 6.33. The molecule has 0 spiro atoms. The van der Waals surface area contributed by atoms with Gasteiger partial charge in [-0.2, -0.15) is 10.2 Å². The maximum Gasteiger partial charge on any atom is 0.336 e. The Morgan fingerprint density at radius 2 is 1.23 bits per heavy atom. The summed E-state index contributed by atoms with van der Waals surface area (Å²) >= 11 is 0. The largest absolute Gasteiger partial charge is 0.481 e. The minimum Gasteiger partial charge on any atom is -0.481 e. The third kappa shape index (κ3) is 17.1. The number of nitrogens with one attached hydrogen (secondary N) is 2. The number of rotatable bonds is 16. The molecule has 1 saturated carbocycles. The molecular formula is C27H38N4O8. The Hall–Kier alpha value is -4.09. The number of hydrogen-bond acceptors (Lipinski definition) is 7. The van der Waals surface area contributed by atoms with E-state index in [1.165, 1.54) is 25.1 Å². The van der Waals surface area contributed by atoms with Crippen molar-refractivity contribution in [1.29, 1.82) is 0 Å². The van der Waals surface area contributed by atoms with E-state index in [9.17, 15) is 24.0 Å². The molecule has 0 bridgehead atoms. The van der Waals surface area contributed by atoms with E-state index in [2.05, 4.69) is 21.1 Å². The van der Waals surface area contributed by atoms with Crippen LogP contribution in [-0.4, -0.2) is 57.0 Å². The number of amides is 2. The number of benzene rings is 1. The molecule has 2 amide bonds. The zero-order valence-electron chi connectivity index (χ0n) is 22.1. The molecule has 12 heteroatoms. The third-order valence-corrected chi connectivity index (χ3v) is 5.69. The van der Waals surface area contributed by atoms with Crippen LogP contribution in [0.3, 0.4) is 0 Å². The number of unbranched alkanes of at least 4 members (excludes halogenated alkanes) is 4. The maximum absolute atomic E-state index is 11.5. The Morgan fingerprint density at radius 1 is 0.718 bits per heavy atom. The third-order valence-electron chi connectivity index (χ3n) is 5.69. The molecule has 0 saturated heterocycles. The normalized spacial score (nSPS) is 12.4. The van der Waals surface area contributed by atoms with Gasteiger partial charge in [-0.15, -0.1) is 0 Å². The van der Waals surface area contributed by atoms with Crippen LogP contribution in [0.2, 0.25) is 0 Å². The van der Waals surface area contributed by atoms with Crippen molar-refractivity contribution in [1.82, 2.24) is 10.9 Å². The van der Waals surface area contributed by atoms with Crippen LogP contribution in [0.15, 0.2) is 34.5 Å². The second-order valence-corrected chi connectivity index (χ2v) is 9.01. The molecule has 12 nitrogen and oxygen atoms in total. The van der Waals surface area contributed by atoms with Gasteiger partial charge in [-0.25, -0.2) is 15.6 Å². The van der Waals surface area contributed by atoms with E-state index in [4.69, 9.17) is 15.3 Å². The van der Waals surface area contributed by atoms with Gasteiger partial charge in [0.25, 0.3) is 0 Å².